The number of benzene rings is 1. The molecule has 2 aromatic rings. The van der Waals surface area contributed by atoms with Crippen molar-refractivity contribution in [3.8, 4) is 0 Å². The highest BCUT2D eigenvalue weighted by Gasteiger charge is 2.40. The summed E-state index contributed by atoms with van der Waals surface area (Å²) in [4.78, 5) is 26.2. The van der Waals surface area contributed by atoms with Crippen LogP contribution >= 0.6 is 22.9 Å². The number of amides is 1. The van der Waals surface area contributed by atoms with E-state index in [0.29, 0.717) is 21.9 Å². The van der Waals surface area contributed by atoms with Crippen molar-refractivity contribution in [3.05, 3.63) is 45.4 Å². The monoisotopic (exact) mass is 392 g/mol. The minimum absolute atomic E-state index is 0.0765. The van der Waals surface area contributed by atoms with Gasteiger partial charge in [-0.3, -0.25) is 4.79 Å². The number of thiazole rings is 1. The van der Waals surface area contributed by atoms with Crippen molar-refractivity contribution < 1.29 is 27.5 Å². The van der Waals surface area contributed by atoms with Crippen LogP contribution in [-0.4, -0.2) is 23.5 Å². The number of carbonyl (C=O) groups is 2. The van der Waals surface area contributed by atoms with E-state index in [1.165, 1.54) is 6.92 Å². The van der Waals surface area contributed by atoms with Crippen LogP contribution in [0, 0.1) is 0 Å². The zero-order valence-corrected chi connectivity index (χ0v) is 14.4. The number of hydrogen-bond acceptors (Lipinski definition) is 5. The van der Waals surface area contributed by atoms with Crippen LogP contribution in [0.3, 0.4) is 0 Å². The molecule has 25 heavy (non-hydrogen) atoms. The molecular formula is C15H12ClF3N2O3S. The van der Waals surface area contributed by atoms with Crippen LogP contribution in [0.25, 0.3) is 0 Å². The number of esters is 1. The maximum atomic E-state index is 13.0. The third kappa shape index (κ3) is 5.17. The van der Waals surface area contributed by atoms with E-state index in [1.807, 2.05) is 0 Å². The molecule has 1 aromatic heterocycles. The van der Waals surface area contributed by atoms with Gasteiger partial charge in [-0.05, 0) is 24.6 Å². The number of aromatic nitrogens is 1. The zero-order chi connectivity index (χ0) is 18.6. The Labute approximate surface area is 149 Å². The average molecular weight is 393 g/mol. The van der Waals surface area contributed by atoms with E-state index in [2.05, 4.69) is 15.0 Å². The summed E-state index contributed by atoms with van der Waals surface area (Å²) >= 11 is 6.15. The van der Waals surface area contributed by atoms with Gasteiger partial charge in [-0.25, -0.2) is 9.78 Å². The molecule has 0 aliphatic carbocycles. The summed E-state index contributed by atoms with van der Waals surface area (Å²) in [5, 5.41) is 2.44. The number of nitrogens with one attached hydrogen (secondary N) is 1. The molecule has 0 atom stereocenters. The first kappa shape index (κ1) is 19.2. The standard InChI is InChI=1S/C15H12ClF3N2O3S/c1-2-24-13(23)11-12(15(17,18)19)21-14(25-11)20-10(22)7-8-3-5-9(16)6-4-8/h3-6H,2,7H2,1H3,(H,20,21,22). The SMILES string of the molecule is CCOC(=O)c1sc(NC(=O)Cc2ccc(Cl)cc2)nc1C(F)(F)F. The van der Waals surface area contributed by atoms with Crippen LogP contribution in [0.4, 0.5) is 18.3 Å². The summed E-state index contributed by atoms with van der Waals surface area (Å²) in [5.74, 6) is -1.70. The largest absolute Gasteiger partial charge is 0.462 e. The fraction of sp³-hybridized carbons (Fsp3) is 0.267. The number of nitrogens with zero attached hydrogens (tertiary/aromatic N) is 1. The average Bonchev–Trinajstić information content (AvgIpc) is 2.94. The molecule has 1 heterocycles. The third-order valence-corrected chi connectivity index (χ3v) is 4.08. The zero-order valence-electron chi connectivity index (χ0n) is 12.8. The smallest absolute Gasteiger partial charge is 0.435 e. The van der Waals surface area contributed by atoms with Crippen LogP contribution < -0.4 is 5.32 Å². The molecule has 10 heteroatoms. The molecule has 0 fully saturated rings. The number of ether oxygens (including phenoxy) is 1. The molecule has 1 amide bonds. The van der Waals surface area contributed by atoms with Crippen LogP contribution in [0.2, 0.25) is 5.02 Å². The summed E-state index contributed by atoms with van der Waals surface area (Å²) in [6.07, 6.45) is -4.91. The normalized spacial score (nSPS) is 11.2. The molecule has 0 aliphatic rings. The van der Waals surface area contributed by atoms with Crippen LogP contribution in [0.1, 0.15) is 27.9 Å². The molecule has 2 rings (SSSR count). The van der Waals surface area contributed by atoms with Gasteiger partial charge in [-0.2, -0.15) is 13.2 Å². The van der Waals surface area contributed by atoms with Crippen LogP contribution in [0.15, 0.2) is 24.3 Å². The first-order valence-corrected chi connectivity index (χ1v) is 8.19. The number of halogens is 4. The summed E-state index contributed by atoms with van der Waals surface area (Å²) in [7, 11) is 0. The number of carbonyl (C=O) groups excluding carboxylic acids is 2. The molecule has 0 spiro atoms. The quantitative estimate of drug-likeness (QED) is 0.775. The summed E-state index contributed by atoms with van der Waals surface area (Å²) in [6, 6.07) is 6.42. The van der Waals surface area contributed by atoms with Gasteiger partial charge in [-0.15, -0.1) is 0 Å². The van der Waals surface area contributed by atoms with Crippen LogP contribution in [0.5, 0.6) is 0 Å². The number of rotatable bonds is 5. The Bertz CT molecular complexity index is 775. The van der Waals surface area contributed by atoms with Gasteiger partial charge < -0.3 is 10.1 Å². The molecule has 0 radical (unpaired) electrons. The molecule has 0 bridgehead atoms. The Kier molecular flexibility index (Phi) is 6.02. The van der Waals surface area contributed by atoms with Crippen molar-refractivity contribution in [2.75, 3.05) is 11.9 Å². The lowest BCUT2D eigenvalue weighted by Gasteiger charge is -2.05. The first-order valence-electron chi connectivity index (χ1n) is 7.00. The van der Waals surface area contributed by atoms with Gasteiger partial charge >= 0.3 is 12.1 Å². The van der Waals surface area contributed by atoms with E-state index in [1.54, 1.807) is 24.3 Å². The molecule has 0 aliphatic heterocycles. The van der Waals surface area contributed by atoms with Crippen molar-refractivity contribution in [1.82, 2.24) is 4.98 Å². The van der Waals surface area contributed by atoms with Gasteiger partial charge in [0.2, 0.25) is 5.91 Å². The Morgan fingerprint density at radius 2 is 1.92 bits per heavy atom. The number of hydrogen-bond donors (Lipinski definition) is 1. The van der Waals surface area contributed by atoms with Crippen molar-refractivity contribution in [2.45, 2.75) is 19.5 Å². The van der Waals surface area contributed by atoms with Gasteiger partial charge in [0.25, 0.3) is 0 Å². The van der Waals surface area contributed by atoms with Crippen LogP contribution in [-0.2, 0) is 22.1 Å². The van der Waals surface area contributed by atoms with Crippen molar-refractivity contribution in [2.24, 2.45) is 0 Å². The fourth-order valence-corrected chi connectivity index (χ4v) is 2.87. The highest BCUT2D eigenvalue weighted by molar-refractivity contribution is 7.17. The second-order valence-electron chi connectivity index (χ2n) is 4.77. The minimum atomic E-state index is -4.84. The van der Waals surface area contributed by atoms with E-state index in [-0.39, 0.29) is 18.2 Å². The Morgan fingerprint density at radius 1 is 1.28 bits per heavy atom. The lowest BCUT2D eigenvalue weighted by molar-refractivity contribution is -0.141. The molecule has 1 N–H and O–H groups in total. The topological polar surface area (TPSA) is 68.3 Å². The van der Waals surface area contributed by atoms with E-state index in [9.17, 15) is 22.8 Å². The highest BCUT2D eigenvalue weighted by Crippen LogP contribution is 2.36. The van der Waals surface area contributed by atoms with Crippen molar-refractivity contribution in [3.63, 3.8) is 0 Å². The highest BCUT2D eigenvalue weighted by atomic mass is 35.5. The summed E-state index contributed by atoms with van der Waals surface area (Å²) in [6.45, 7) is 1.40. The van der Waals surface area contributed by atoms with E-state index in [4.69, 9.17) is 11.6 Å². The van der Waals surface area contributed by atoms with E-state index < -0.39 is 28.6 Å². The summed E-state index contributed by atoms with van der Waals surface area (Å²) < 4.78 is 43.6. The molecule has 0 saturated carbocycles. The minimum Gasteiger partial charge on any atom is -0.462 e. The Balaban J connectivity index is 2.17. The summed E-state index contributed by atoms with van der Waals surface area (Å²) in [5.41, 5.74) is -0.752. The molecule has 0 saturated heterocycles. The Hall–Kier alpha value is -2.13. The van der Waals surface area contributed by atoms with E-state index in [0.717, 1.165) is 0 Å². The van der Waals surface area contributed by atoms with Gasteiger partial charge in [0.15, 0.2) is 10.8 Å². The van der Waals surface area contributed by atoms with Gasteiger partial charge in [0.1, 0.15) is 4.88 Å². The lowest BCUT2D eigenvalue weighted by atomic mass is 10.1. The predicted octanol–water partition coefficient (Wildman–Crippen LogP) is 4.17. The molecular weight excluding hydrogens is 381 g/mol. The predicted molar refractivity (Wildman–Crippen MR) is 86.9 cm³/mol. The fourth-order valence-electron chi connectivity index (χ4n) is 1.85. The first-order chi connectivity index (χ1) is 11.7. The number of alkyl halides is 3. The van der Waals surface area contributed by atoms with Gasteiger partial charge in [-0.1, -0.05) is 35.1 Å². The van der Waals surface area contributed by atoms with Gasteiger partial charge in [0, 0.05) is 5.02 Å². The second kappa shape index (κ2) is 7.83. The Morgan fingerprint density at radius 3 is 2.48 bits per heavy atom. The molecule has 0 unspecified atom stereocenters. The number of anilines is 1. The second-order valence-corrected chi connectivity index (χ2v) is 6.20. The lowest BCUT2D eigenvalue weighted by Crippen LogP contribution is -2.15. The maximum Gasteiger partial charge on any atom is 0.435 e. The third-order valence-electron chi connectivity index (χ3n) is 2.88. The van der Waals surface area contributed by atoms with Crippen molar-refractivity contribution >= 4 is 39.9 Å². The van der Waals surface area contributed by atoms with Gasteiger partial charge in [0.05, 0.1) is 13.0 Å². The van der Waals surface area contributed by atoms with E-state index >= 15 is 0 Å². The molecule has 134 valence electrons. The van der Waals surface area contributed by atoms with Crippen molar-refractivity contribution in [1.29, 1.82) is 0 Å². The molecule has 1 aromatic carbocycles. The maximum absolute atomic E-state index is 13.0. The molecule has 5 nitrogen and oxygen atoms in total.